The summed E-state index contributed by atoms with van der Waals surface area (Å²) in [4.78, 5) is 16.9. The number of hydrogen-bond donors (Lipinski definition) is 0. The van der Waals surface area contributed by atoms with E-state index in [1.807, 2.05) is 19.0 Å². The highest BCUT2D eigenvalue weighted by Gasteiger charge is 2.13. The highest BCUT2D eigenvalue weighted by Crippen LogP contribution is 2.13. The van der Waals surface area contributed by atoms with Gasteiger partial charge in [0.1, 0.15) is 0 Å². The maximum absolute atomic E-state index is 10.6. The zero-order valence-corrected chi connectivity index (χ0v) is 12.3. The van der Waals surface area contributed by atoms with Crippen LogP contribution in [0.15, 0.2) is 30.3 Å². The number of benzene rings is 1. The molecule has 1 aliphatic heterocycles. The second kappa shape index (κ2) is 7.10. The molecule has 1 aliphatic rings. The summed E-state index contributed by atoms with van der Waals surface area (Å²) in [6, 6.07) is 8.53. The molecule has 0 spiro atoms. The van der Waals surface area contributed by atoms with E-state index in [0.717, 1.165) is 39.1 Å². The second-order valence-electron chi connectivity index (χ2n) is 5.33. The Morgan fingerprint density at radius 1 is 1.10 bits per heavy atom. The van der Waals surface area contributed by atoms with Crippen molar-refractivity contribution in [1.29, 1.82) is 0 Å². The van der Waals surface area contributed by atoms with Gasteiger partial charge in [-0.1, -0.05) is 24.3 Å². The Labute approximate surface area is 121 Å². The van der Waals surface area contributed by atoms with Crippen LogP contribution in [-0.4, -0.2) is 63.0 Å². The van der Waals surface area contributed by atoms with Crippen LogP contribution in [-0.2, 0) is 4.79 Å². The predicted octanol–water partition coefficient (Wildman–Crippen LogP) is 1.54. The van der Waals surface area contributed by atoms with Gasteiger partial charge in [0.25, 0.3) is 0 Å². The van der Waals surface area contributed by atoms with E-state index in [1.54, 1.807) is 0 Å². The van der Waals surface area contributed by atoms with Gasteiger partial charge in [-0.2, -0.15) is 0 Å². The number of amides is 1. The number of carbonyl (C=O) groups is 1. The summed E-state index contributed by atoms with van der Waals surface area (Å²) in [6.07, 6.45) is 5.30. The fourth-order valence-electron chi connectivity index (χ4n) is 2.27. The van der Waals surface area contributed by atoms with Crippen LogP contribution in [0, 0.1) is 0 Å². The first kappa shape index (κ1) is 14.6. The molecule has 1 saturated heterocycles. The maximum atomic E-state index is 10.6. The molecule has 0 bridgehead atoms. The molecule has 0 atom stereocenters. The smallest absolute Gasteiger partial charge is 0.209 e. The average molecular weight is 273 g/mol. The van der Waals surface area contributed by atoms with Crippen molar-refractivity contribution in [3.8, 4) is 0 Å². The number of piperazine rings is 1. The van der Waals surface area contributed by atoms with Gasteiger partial charge in [-0.3, -0.25) is 9.69 Å². The van der Waals surface area contributed by atoms with Crippen LogP contribution in [0.4, 0.5) is 5.69 Å². The van der Waals surface area contributed by atoms with Gasteiger partial charge in [-0.15, -0.1) is 0 Å². The van der Waals surface area contributed by atoms with E-state index in [4.69, 9.17) is 0 Å². The summed E-state index contributed by atoms with van der Waals surface area (Å²) < 4.78 is 0. The van der Waals surface area contributed by atoms with Crippen molar-refractivity contribution < 1.29 is 4.79 Å². The molecule has 0 unspecified atom stereocenters. The van der Waals surface area contributed by atoms with Crippen LogP contribution in [0.3, 0.4) is 0 Å². The molecule has 0 N–H and O–H groups in total. The third kappa shape index (κ3) is 4.10. The molecule has 1 fully saturated rings. The van der Waals surface area contributed by atoms with Gasteiger partial charge < -0.3 is 9.80 Å². The lowest BCUT2D eigenvalue weighted by atomic mass is 10.2. The highest BCUT2D eigenvalue weighted by atomic mass is 16.1. The minimum atomic E-state index is 0.842. The maximum Gasteiger partial charge on any atom is 0.209 e. The Morgan fingerprint density at radius 2 is 1.75 bits per heavy atom. The van der Waals surface area contributed by atoms with Crippen LogP contribution in [0.1, 0.15) is 5.56 Å². The van der Waals surface area contributed by atoms with Gasteiger partial charge in [-0.25, -0.2) is 0 Å². The second-order valence-corrected chi connectivity index (χ2v) is 5.33. The quantitative estimate of drug-likeness (QED) is 0.761. The zero-order chi connectivity index (χ0) is 14.4. The molecule has 1 aromatic carbocycles. The fourth-order valence-corrected chi connectivity index (χ4v) is 2.27. The molecule has 4 heteroatoms. The summed E-state index contributed by atoms with van der Waals surface area (Å²) in [5.74, 6) is 0. The molecule has 20 heavy (non-hydrogen) atoms. The number of anilines is 1. The number of carbonyl (C=O) groups excluding carboxylic acids is 1. The summed E-state index contributed by atoms with van der Waals surface area (Å²) in [6.45, 7) is 4.55. The summed E-state index contributed by atoms with van der Waals surface area (Å²) in [7, 11) is 4.09. The van der Waals surface area contributed by atoms with Crippen LogP contribution >= 0.6 is 0 Å². The van der Waals surface area contributed by atoms with E-state index >= 15 is 0 Å². The van der Waals surface area contributed by atoms with E-state index in [-0.39, 0.29) is 0 Å². The first-order valence-corrected chi connectivity index (χ1v) is 7.04. The fraction of sp³-hybridized carbons (Fsp3) is 0.438. The molecule has 1 heterocycles. The van der Waals surface area contributed by atoms with E-state index in [2.05, 4.69) is 46.2 Å². The van der Waals surface area contributed by atoms with E-state index in [1.165, 1.54) is 11.3 Å². The molecular formula is C16H23N3O. The van der Waals surface area contributed by atoms with Crippen molar-refractivity contribution in [3.05, 3.63) is 35.9 Å². The highest BCUT2D eigenvalue weighted by molar-refractivity contribution is 5.55. The van der Waals surface area contributed by atoms with Gasteiger partial charge in [0.15, 0.2) is 0 Å². The van der Waals surface area contributed by atoms with Crippen molar-refractivity contribution in [2.45, 2.75) is 0 Å². The van der Waals surface area contributed by atoms with E-state index in [9.17, 15) is 4.79 Å². The summed E-state index contributed by atoms with van der Waals surface area (Å²) >= 11 is 0. The molecule has 0 saturated carbocycles. The molecule has 108 valence electrons. The first-order chi connectivity index (χ1) is 9.69. The molecule has 1 amide bonds. The third-order valence-electron chi connectivity index (χ3n) is 3.64. The lowest BCUT2D eigenvalue weighted by Crippen LogP contribution is -2.45. The molecule has 1 aromatic rings. The SMILES string of the molecule is CN(C)c1ccc(/C=C/CN2CCN(C=O)CC2)cc1. The minimum absolute atomic E-state index is 0.842. The first-order valence-electron chi connectivity index (χ1n) is 7.04. The monoisotopic (exact) mass is 273 g/mol. The van der Waals surface area contributed by atoms with Gasteiger partial charge in [-0.05, 0) is 17.7 Å². The lowest BCUT2D eigenvalue weighted by molar-refractivity contribution is -0.119. The van der Waals surface area contributed by atoms with Gasteiger partial charge in [0.05, 0.1) is 0 Å². The standard InChI is InChI=1S/C16H23N3O/c1-17(2)16-7-5-15(6-8-16)4-3-9-18-10-12-19(14-20)13-11-18/h3-8,14H,9-13H2,1-2H3/b4-3+. The Balaban J connectivity index is 1.80. The lowest BCUT2D eigenvalue weighted by Gasteiger charge is -2.31. The Bertz CT molecular complexity index is 445. The molecule has 0 aromatic heterocycles. The largest absolute Gasteiger partial charge is 0.378 e. The van der Waals surface area contributed by atoms with Crippen LogP contribution in [0.25, 0.3) is 6.08 Å². The normalized spacial score (nSPS) is 16.6. The van der Waals surface area contributed by atoms with Gasteiger partial charge in [0.2, 0.25) is 6.41 Å². The molecule has 0 aliphatic carbocycles. The summed E-state index contributed by atoms with van der Waals surface area (Å²) in [5, 5.41) is 0. The van der Waals surface area contributed by atoms with Crippen LogP contribution in [0.5, 0.6) is 0 Å². The molecular weight excluding hydrogens is 250 g/mol. The topological polar surface area (TPSA) is 26.8 Å². The minimum Gasteiger partial charge on any atom is -0.378 e. The average Bonchev–Trinajstić information content (AvgIpc) is 2.48. The molecule has 2 rings (SSSR count). The number of hydrogen-bond acceptors (Lipinski definition) is 3. The third-order valence-corrected chi connectivity index (χ3v) is 3.64. The zero-order valence-electron chi connectivity index (χ0n) is 12.3. The summed E-state index contributed by atoms with van der Waals surface area (Å²) in [5.41, 5.74) is 2.44. The van der Waals surface area contributed by atoms with Crippen LogP contribution < -0.4 is 4.90 Å². The Morgan fingerprint density at radius 3 is 2.30 bits per heavy atom. The Kier molecular flexibility index (Phi) is 5.18. The van der Waals surface area contributed by atoms with Crippen molar-refractivity contribution in [1.82, 2.24) is 9.80 Å². The van der Waals surface area contributed by atoms with E-state index < -0.39 is 0 Å². The Hall–Kier alpha value is -1.81. The van der Waals surface area contributed by atoms with Gasteiger partial charge >= 0.3 is 0 Å². The number of nitrogens with zero attached hydrogens (tertiary/aromatic N) is 3. The van der Waals surface area contributed by atoms with E-state index in [0.29, 0.717) is 0 Å². The van der Waals surface area contributed by atoms with Crippen molar-refractivity contribution in [2.24, 2.45) is 0 Å². The number of rotatable bonds is 5. The predicted molar refractivity (Wildman–Crippen MR) is 83.9 cm³/mol. The van der Waals surface area contributed by atoms with Crippen molar-refractivity contribution in [2.75, 3.05) is 51.7 Å². The van der Waals surface area contributed by atoms with Gasteiger partial charge in [0, 0.05) is 52.5 Å². The molecule has 0 radical (unpaired) electrons. The molecule has 4 nitrogen and oxygen atoms in total. The van der Waals surface area contributed by atoms with Crippen LogP contribution in [0.2, 0.25) is 0 Å². The van der Waals surface area contributed by atoms with Crippen molar-refractivity contribution >= 4 is 18.2 Å². The van der Waals surface area contributed by atoms with Crippen molar-refractivity contribution in [3.63, 3.8) is 0 Å².